The molecule has 1 fully saturated rings. The minimum atomic E-state index is 0.769. The second-order valence-corrected chi connectivity index (χ2v) is 12.8. The molecular weight excluding hydrogens is 468 g/mol. The van der Waals surface area contributed by atoms with Crippen LogP contribution in [0.2, 0.25) is 0 Å². The predicted molar refractivity (Wildman–Crippen MR) is 170 cm³/mol. The van der Waals surface area contributed by atoms with E-state index < -0.39 is 0 Å². The minimum Gasteiger partial charge on any atom is -0.309 e. The van der Waals surface area contributed by atoms with Crippen LogP contribution in [-0.2, 0) is 19.6 Å². The van der Waals surface area contributed by atoms with Gasteiger partial charge in [-0.2, -0.15) is 0 Å². The molecule has 0 spiro atoms. The highest BCUT2D eigenvalue weighted by Crippen LogP contribution is 2.20. The first-order chi connectivity index (χ1) is 17.7. The van der Waals surface area contributed by atoms with E-state index in [4.69, 9.17) is 0 Å². The third kappa shape index (κ3) is 19.1. The Morgan fingerprint density at radius 1 is 0.658 bits per heavy atom. The number of nitrogens with zero attached hydrogens (tertiary/aromatic N) is 6. The molecule has 0 radical (unpaired) electrons. The van der Waals surface area contributed by atoms with Gasteiger partial charge in [0.1, 0.15) is 0 Å². The smallest absolute Gasteiger partial charge is 0.0230 e. The maximum absolute atomic E-state index is 2.57. The molecule has 224 valence electrons. The standard InChI is InChI=1S/C16H29N3.C8H20N2.C8H17N/c1-13-15(11-18(4)5)8-14(10-17(2)3)9-16(13)12-19(6)7;1-8(6-9(2)3)7-10(4)5;1-2-6-9-7-4-3-5-8-9/h8-9H,10-12H2,1-7H3;8H,6-7H2,1-5H3;2-8H2,1H3. The normalized spacial score (nSPS) is 14.4. The summed E-state index contributed by atoms with van der Waals surface area (Å²) in [6.07, 6.45) is 5.64. The maximum Gasteiger partial charge on any atom is 0.0230 e. The highest BCUT2D eigenvalue weighted by Gasteiger charge is 2.10. The lowest BCUT2D eigenvalue weighted by Crippen LogP contribution is -2.30. The summed E-state index contributed by atoms with van der Waals surface area (Å²) in [5.41, 5.74) is 5.73. The van der Waals surface area contributed by atoms with Crippen LogP contribution in [0.5, 0.6) is 0 Å². The molecule has 0 aliphatic carbocycles. The zero-order valence-corrected chi connectivity index (χ0v) is 27.9. The molecule has 0 unspecified atom stereocenters. The van der Waals surface area contributed by atoms with E-state index in [-0.39, 0.29) is 0 Å². The molecule has 0 atom stereocenters. The van der Waals surface area contributed by atoms with Gasteiger partial charge in [0, 0.05) is 32.7 Å². The van der Waals surface area contributed by atoms with E-state index in [9.17, 15) is 0 Å². The van der Waals surface area contributed by atoms with Crippen molar-refractivity contribution < 1.29 is 0 Å². The van der Waals surface area contributed by atoms with Crippen LogP contribution in [-0.4, -0.2) is 133 Å². The number of benzene rings is 1. The molecule has 0 bridgehead atoms. The summed E-state index contributed by atoms with van der Waals surface area (Å²) in [7, 11) is 21.2. The number of likely N-dealkylation sites (tertiary alicyclic amines) is 1. The molecule has 0 amide bonds. The van der Waals surface area contributed by atoms with Gasteiger partial charge in [-0.15, -0.1) is 0 Å². The number of hydrogen-bond acceptors (Lipinski definition) is 6. The van der Waals surface area contributed by atoms with Crippen LogP contribution in [0.4, 0.5) is 0 Å². The molecule has 2 rings (SSSR count). The number of piperidine rings is 1. The van der Waals surface area contributed by atoms with Crippen LogP contribution >= 0.6 is 0 Å². The monoisotopic (exact) mass is 535 g/mol. The summed E-state index contributed by atoms with van der Waals surface area (Å²) < 4.78 is 0. The van der Waals surface area contributed by atoms with Gasteiger partial charge in [-0.1, -0.05) is 32.4 Å². The predicted octanol–water partition coefficient (Wildman–Crippen LogP) is 4.81. The van der Waals surface area contributed by atoms with Crippen molar-refractivity contribution in [1.29, 1.82) is 0 Å². The number of rotatable bonds is 12. The quantitative estimate of drug-likeness (QED) is 0.381. The van der Waals surface area contributed by atoms with Gasteiger partial charge in [0.15, 0.2) is 0 Å². The highest BCUT2D eigenvalue weighted by atomic mass is 15.1. The lowest BCUT2D eigenvalue weighted by molar-refractivity contribution is 0.229. The van der Waals surface area contributed by atoms with Gasteiger partial charge in [-0.3, -0.25) is 0 Å². The van der Waals surface area contributed by atoms with Gasteiger partial charge in [-0.05, 0) is 144 Å². The first kappa shape index (κ1) is 37.0. The summed E-state index contributed by atoms with van der Waals surface area (Å²) >= 11 is 0. The molecule has 38 heavy (non-hydrogen) atoms. The van der Waals surface area contributed by atoms with Crippen LogP contribution < -0.4 is 0 Å². The Labute approximate surface area is 238 Å². The lowest BCUT2D eigenvalue weighted by atomic mass is 9.97. The molecule has 1 aromatic rings. The van der Waals surface area contributed by atoms with E-state index in [0.717, 1.165) is 25.6 Å². The van der Waals surface area contributed by atoms with Gasteiger partial charge in [-0.25, -0.2) is 0 Å². The van der Waals surface area contributed by atoms with Crippen molar-refractivity contribution >= 4 is 0 Å². The van der Waals surface area contributed by atoms with Crippen molar-refractivity contribution in [3.8, 4) is 0 Å². The van der Waals surface area contributed by atoms with Gasteiger partial charge < -0.3 is 29.4 Å². The van der Waals surface area contributed by atoms with Crippen molar-refractivity contribution in [2.45, 2.75) is 66.1 Å². The Morgan fingerprint density at radius 2 is 1.08 bits per heavy atom. The van der Waals surface area contributed by atoms with Gasteiger partial charge >= 0.3 is 0 Å². The molecule has 1 aliphatic heterocycles. The van der Waals surface area contributed by atoms with E-state index in [2.05, 4.69) is 133 Å². The third-order valence-corrected chi connectivity index (χ3v) is 6.50. The van der Waals surface area contributed by atoms with Gasteiger partial charge in [0.05, 0.1) is 0 Å². The molecule has 0 aromatic heterocycles. The average molecular weight is 535 g/mol. The fourth-order valence-corrected chi connectivity index (χ4v) is 5.18. The molecule has 0 saturated carbocycles. The van der Waals surface area contributed by atoms with Crippen LogP contribution in [0.1, 0.15) is 61.8 Å². The Bertz CT molecular complexity index is 664. The zero-order valence-electron chi connectivity index (χ0n) is 27.9. The van der Waals surface area contributed by atoms with E-state index in [1.165, 1.54) is 80.7 Å². The summed E-state index contributed by atoms with van der Waals surface area (Å²) in [5, 5.41) is 0. The van der Waals surface area contributed by atoms with Crippen molar-refractivity contribution in [3.63, 3.8) is 0 Å². The molecule has 1 aromatic carbocycles. The summed E-state index contributed by atoms with van der Waals surface area (Å²) in [4.78, 5) is 13.7. The maximum atomic E-state index is 2.57. The molecule has 1 aliphatic rings. The molecule has 0 N–H and O–H groups in total. The fourth-order valence-electron chi connectivity index (χ4n) is 5.18. The van der Waals surface area contributed by atoms with E-state index in [1.54, 1.807) is 0 Å². The Balaban J connectivity index is 0.000000604. The number of hydrogen-bond donors (Lipinski definition) is 0. The Hall–Kier alpha value is -1.02. The van der Waals surface area contributed by atoms with Crippen molar-refractivity contribution in [3.05, 3.63) is 34.4 Å². The highest BCUT2D eigenvalue weighted by molar-refractivity contribution is 5.38. The summed E-state index contributed by atoms with van der Waals surface area (Å²) in [6.45, 7) is 16.2. The van der Waals surface area contributed by atoms with Crippen molar-refractivity contribution in [2.75, 3.05) is 103 Å². The van der Waals surface area contributed by atoms with Crippen LogP contribution in [0.25, 0.3) is 0 Å². The summed E-state index contributed by atoms with van der Waals surface area (Å²) in [5.74, 6) is 0.769. The Morgan fingerprint density at radius 3 is 1.42 bits per heavy atom. The fraction of sp³-hybridized carbons (Fsp3) is 0.812. The SMILES string of the molecule is CC(CN(C)C)CN(C)C.CCCN1CCCCC1.Cc1c(CN(C)C)cc(CN(C)C)cc1CN(C)C. The molecule has 1 saturated heterocycles. The van der Waals surface area contributed by atoms with Crippen LogP contribution in [0, 0.1) is 12.8 Å². The third-order valence-electron chi connectivity index (χ3n) is 6.50. The second-order valence-electron chi connectivity index (χ2n) is 12.8. The lowest BCUT2D eigenvalue weighted by Gasteiger charge is -2.25. The molecular formula is C32H66N6. The van der Waals surface area contributed by atoms with E-state index in [1.807, 2.05) is 0 Å². The van der Waals surface area contributed by atoms with Crippen molar-refractivity contribution in [1.82, 2.24) is 29.4 Å². The van der Waals surface area contributed by atoms with Gasteiger partial charge in [0.25, 0.3) is 0 Å². The second kappa shape index (κ2) is 20.8. The average Bonchev–Trinajstić information content (AvgIpc) is 2.76. The van der Waals surface area contributed by atoms with Gasteiger partial charge in [0.2, 0.25) is 0 Å². The van der Waals surface area contributed by atoms with E-state index in [0.29, 0.717) is 0 Å². The molecule has 1 heterocycles. The van der Waals surface area contributed by atoms with Crippen LogP contribution in [0.15, 0.2) is 12.1 Å². The molecule has 6 nitrogen and oxygen atoms in total. The first-order valence-corrected chi connectivity index (χ1v) is 14.8. The first-order valence-electron chi connectivity index (χ1n) is 14.8. The Kier molecular flexibility index (Phi) is 20.3. The van der Waals surface area contributed by atoms with Crippen molar-refractivity contribution in [2.24, 2.45) is 5.92 Å². The topological polar surface area (TPSA) is 19.4 Å². The largest absolute Gasteiger partial charge is 0.309 e. The molecule has 6 heteroatoms. The van der Waals surface area contributed by atoms with E-state index >= 15 is 0 Å². The zero-order chi connectivity index (χ0) is 29.3. The van der Waals surface area contributed by atoms with Crippen LogP contribution in [0.3, 0.4) is 0 Å². The minimum absolute atomic E-state index is 0.769. The summed E-state index contributed by atoms with van der Waals surface area (Å²) in [6, 6.07) is 4.71.